The van der Waals surface area contributed by atoms with E-state index in [1.54, 1.807) is 12.2 Å². The Bertz CT molecular complexity index is 869. The van der Waals surface area contributed by atoms with Crippen molar-refractivity contribution in [3.63, 3.8) is 0 Å². The van der Waals surface area contributed by atoms with Gasteiger partial charge >= 0.3 is 11.9 Å². The molecular formula is C20H18N2O4. The Morgan fingerprint density at radius 2 is 1.12 bits per heavy atom. The summed E-state index contributed by atoms with van der Waals surface area (Å²) in [7, 11) is 3.89. The second-order valence-electron chi connectivity index (χ2n) is 5.96. The van der Waals surface area contributed by atoms with Crippen LogP contribution in [0.15, 0.2) is 48.6 Å². The molecule has 0 radical (unpaired) electrons. The predicted octanol–water partition coefficient (Wildman–Crippen LogP) is 3.73. The number of carboxylic acid groups (broad SMARTS) is 2. The fourth-order valence-corrected chi connectivity index (χ4v) is 2.99. The van der Waals surface area contributed by atoms with Gasteiger partial charge in [-0.1, -0.05) is 12.1 Å². The maximum atomic E-state index is 10.7. The minimum atomic E-state index is -0.986. The van der Waals surface area contributed by atoms with Gasteiger partial charge in [-0.3, -0.25) is 0 Å². The van der Waals surface area contributed by atoms with Crippen LogP contribution in [0.3, 0.4) is 0 Å². The average Bonchev–Trinajstić information content (AvgIpc) is 2.62. The molecule has 0 saturated heterocycles. The van der Waals surface area contributed by atoms with Crippen LogP contribution in [0.25, 0.3) is 12.2 Å². The fourth-order valence-electron chi connectivity index (χ4n) is 2.99. The van der Waals surface area contributed by atoms with Crippen molar-refractivity contribution < 1.29 is 19.8 Å². The molecule has 3 rings (SSSR count). The molecule has 0 bridgehead atoms. The maximum Gasteiger partial charge on any atom is 0.328 e. The number of nitrogens with zero attached hydrogens (tertiary/aromatic N) is 2. The Morgan fingerprint density at radius 3 is 1.46 bits per heavy atom. The Balaban J connectivity index is 2.02. The molecule has 2 aromatic rings. The van der Waals surface area contributed by atoms with Crippen molar-refractivity contribution in [3.05, 3.63) is 59.7 Å². The lowest BCUT2D eigenvalue weighted by Crippen LogP contribution is -2.24. The van der Waals surface area contributed by atoms with Gasteiger partial charge in [0.2, 0.25) is 0 Å². The van der Waals surface area contributed by atoms with Crippen LogP contribution >= 0.6 is 0 Å². The van der Waals surface area contributed by atoms with E-state index in [-0.39, 0.29) is 0 Å². The molecule has 2 N–H and O–H groups in total. The first-order chi connectivity index (χ1) is 12.4. The van der Waals surface area contributed by atoms with Crippen molar-refractivity contribution in [3.8, 4) is 0 Å². The summed E-state index contributed by atoms with van der Waals surface area (Å²) in [4.78, 5) is 25.5. The molecule has 1 heterocycles. The summed E-state index contributed by atoms with van der Waals surface area (Å²) >= 11 is 0. The second-order valence-corrected chi connectivity index (χ2v) is 5.96. The van der Waals surface area contributed by atoms with Crippen LogP contribution in [0.2, 0.25) is 0 Å². The smallest absolute Gasteiger partial charge is 0.328 e. The van der Waals surface area contributed by atoms with Gasteiger partial charge in [-0.2, -0.15) is 0 Å². The van der Waals surface area contributed by atoms with Crippen molar-refractivity contribution >= 4 is 46.8 Å². The number of aliphatic carboxylic acids is 2. The van der Waals surface area contributed by atoms with E-state index in [4.69, 9.17) is 10.2 Å². The van der Waals surface area contributed by atoms with Crippen LogP contribution in [0.4, 0.5) is 22.7 Å². The van der Waals surface area contributed by atoms with Crippen molar-refractivity contribution in [2.75, 3.05) is 23.9 Å². The van der Waals surface area contributed by atoms with Crippen LogP contribution in [0, 0.1) is 0 Å². The van der Waals surface area contributed by atoms with E-state index < -0.39 is 11.9 Å². The van der Waals surface area contributed by atoms with E-state index in [2.05, 4.69) is 0 Å². The highest BCUT2D eigenvalue weighted by Gasteiger charge is 2.24. The quantitative estimate of drug-likeness (QED) is 0.818. The monoisotopic (exact) mass is 350 g/mol. The molecule has 6 nitrogen and oxygen atoms in total. The van der Waals surface area contributed by atoms with Gasteiger partial charge in [-0.15, -0.1) is 0 Å². The van der Waals surface area contributed by atoms with Crippen LogP contribution in [-0.2, 0) is 9.59 Å². The van der Waals surface area contributed by atoms with Crippen LogP contribution < -0.4 is 9.80 Å². The molecule has 26 heavy (non-hydrogen) atoms. The molecule has 0 saturated carbocycles. The van der Waals surface area contributed by atoms with Crippen molar-refractivity contribution in [1.29, 1.82) is 0 Å². The van der Waals surface area contributed by atoms with Gasteiger partial charge in [0.05, 0.1) is 22.7 Å². The number of carbonyl (C=O) groups is 2. The standard InChI is InChI=1S/C20H18N2O4/c1-21-15-7-3-14(6-10-20(25)26)12-18(15)22(2)16-8-4-13(11-17(16)21)5-9-19(23)24/h3-12H,1-2H3,(H,23,24)(H,25,26). The molecule has 6 heteroatoms. The predicted molar refractivity (Wildman–Crippen MR) is 102 cm³/mol. The van der Waals surface area contributed by atoms with Gasteiger partial charge in [0, 0.05) is 26.2 Å². The SMILES string of the molecule is CN1c2ccc(C=CC(=O)O)cc2N(C)c2ccc(C=CC(=O)O)cc21. The highest BCUT2D eigenvalue weighted by Crippen LogP contribution is 2.46. The Morgan fingerprint density at radius 1 is 0.731 bits per heavy atom. The minimum absolute atomic E-state index is 0.802. The third kappa shape index (κ3) is 3.30. The topological polar surface area (TPSA) is 81.1 Å². The van der Waals surface area contributed by atoms with Crippen molar-refractivity contribution in [2.45, 2.75) is 0 Å². The molecule has 2 aromatic carbocycles. The van der Waals surface area contributed by atoms with E-state index in [1.807, 2.05) is 60.3 Å². The summed E-state index contributed by atoms with van der Waals surface area (Å²) in [6.07, 6.45) is 5.35. The molecular weight excluding hydrogens is 332 g/mol. The Hall–Kier alpha value is -3.54. The first-order valence-electron chi connectivity index (χ1n) is 7.94. The second kappa shape index (κ2) is 6.76. The van der Waals surface area contributed by atoms with E-state index in [1.165, 1.54) is 0 Å². The van der Waals surface area contributed by atoms with Gasteiger partial charge < -0.3 is 20.0 Å². The number of carboxylic acids is 2. The lowest BCUT2D eigenvalue weighted by atomic mass is 10.0. The van der Waals surface area contributed by atoms with Crippen LogP contribution in [-0.4, -0.2) is 36.2 Å². The molecule has 0 unspecified atom stereocenters. The lowest BCUT2D eigenvalue weighted by molar-refractivity contribution is -0.132. The summed E-state index contributed by atoms with van der Waals surface area (Å²) in [5.41, 5.74) is 5.48. The summed E-state index contributed by atoms with van der Waals surface area (Å²) in [6, 6.07) is 11.5. The first-order valence-corrected chi connectivity index (χ1v) is 7.94. The molecule has 1 aliphatic rings. The van der Waals surface area contributed by atoms with Crippen LogP contribution in [0.1, 0.15) is 11.1 Å². The Labute approximate surface area is 150 Å². The number of benzene rings is 2. The average molecular weight is 350 g/mol. The molecule has 0 fully saturated rings. The number of hydrogen-bond donors (Lipinski definition) is 2. The molecule has 0 aromatic heterocycles. The molecule has 132 valence electrons. The fraction of sp³-hybridized carbons (Fsp3) is 0.100. The maximum absolute atomic E-state index is 10.7. The first kappa shape index (κ1) is 17.3. The zero-order chi connectivity index (χ0) is 18.8. The van der Waals surface area contributed by atoms with E-state index in [9.17, 15) is 9.59 Å². The highest BCUT2D eigenvalue weighted by atomic mass is 16.4. The number of rotatable bonds is 4. The number of fused-ring (bicyclic) bond motifs is 2. The third-order valence-electron chi connectivity index (χ3n) is 4.28. The number of anilines is 4. The summed E-state index contributed by atoms with van der Waals surface area (Å²) in [6.45, 7) is 0. The van der Waals surface area contributed by atoms with E-state index in [0.717, 1.165) is 46.0 Å². The van der Waals surface area contributed by atoms with Gasteiger partial charge in [-0.25, -0.2) is 9.59 Å². The normalized spacial score (nSPS) is 13.2. The molecule has 0 amide bonds. The molecule has 0 atom stereocenters. The molecule has 0 aliphatic carbocycles. The molecule has 1 aliphatic heterocycles. The van der Waals surface area contributed by atoms with Crippen molar-refractivity contribution in [1.82, 2.24) is 0 Å². The number of hydrogen-bond acceptors (Lipinski definition) is 4. The minimum Gasteiger partial charge on any atom is -0.478 e. The van der Waals surface area contributed by atoms with Crippen molar-refractivity contribution in [2.24, 2.45) is 0 Å². The third-order valence-corrected chi connectivity index (χ3v) is 4.28. The largest absolute Gasteiger partial charge is 0.478 e. The zero-order valence-electron chi connectivity index (χ0n) is 14.4. The Kier molecular flexibility index (Phi) is 4.49. The summed E-state index contributed by atoms with van der Waals surface area (Å²) < 4.78 is 0. The van der Waals surface area contributed by atoms with Gasteiger partial charge in [0.25, 0.3) is 0 Å². The van der Waals surface area contributed by atoms with Crippen LogP contribution in [0.5, 0.6) is 0 Å². The van der Waals surface area contributed by atoms with E-state index >= 15 is 0 Å². The summed E-state index contributed by atoms with van der Waals surface area (Å²) in [5, 5.41) is 17.6. The summed E-state index contributed by atoms with van der Waals surface area (Å²) in [5.74, 6) is -1.97. The lowest BCUT2D eigenvalue weighted by Gasteiger charge is -2.37. The highest BCUT2D eigenvalue weighted by molar-refractivity contribution is 5.95. The molecule has 0 spiro atoms. The van der Waals surface area contributed by atoms with Gasteiger partial charge in [0.1, 0.15) is 0 Å². The van der Waals surface area contributed by atoms with Gasteiger partial charge in [0.15, 0.2) is 0 Å². The van der Waals surface area contributed by atoms with E-state index in [0.29, 0.717) is 0 Å². The van der Waals surface area contributed by atoms with Gasteiger partial charge in [-0.05, 0) is 47.5 Å². The zero-order valence-corrected chi connectivity index (χ0v) is 14.4.